The van der Waals surface area contributed by atoms with E-state index >= 15 is 0 Å². The average Bonchev–Trinajstić information content (AvgIpc) is 2.70. The maximum atomic E-state index is 12.9. The molecule has 0 N–H and O–H groups in total. The van der Waals surface area contributed by atoms with Gasteiger partial charge in [0.05, 0.1) is 26.0 Å². The topological polar surface area (TPSA) is 74.2 Å². The lowest BCUT2D eigenvalue weighted by atomic mass is 9.80. The third-order valence-electron chi connectivity index (χ3n) is 4.23. The van der Waals surface area contributed by atoms with Crippen LogP contribution in [0.1, 0.15) is 33.1 Å². The molecule has 0 saturated carbocycles. The van der Waals surface area contributed by atoms with Crippen LogP contribution in [0.4, 0.5) is 5.69 Å². The second-order valence-corrected chi connectivity index (χ2v) is 12.5. The fourth-order valence-corrected chi connectivity index (χ4v) is 3.33. The number of rotatable bonds is 10. The molecule has 0 unspecified atom stereocenters. The molecular weight excluding hydrogens is 398 g/mol. The average molecular weight is 432 g/mol. The van der Waals surface area contributed by atoms with E-state index in [1.807, 2.05) is 0 Å². The van der Waals surface area contributed by atoms with Gasteiger partial charge in [0.25, 0.3) is 0 Å². The number of benzene rings is 1. The first-order chi connectivity index (χ1) is 14.2. The van der Waals surface area contributed by atoms with Crippen molar-refractivity contribution in [3.8, 4) is 17.2 Å². The predicted octanol–water partition coefficient (Wildman–Crippen LogP) is 4.56. The lowest BCUT2D eigenvalue weighted by Gasteiger charge is -2.27. The largest absolute Gasteiger partial charge is 0.497 e. The third-order valence-corrected chi connectivity index (χ3v) is 5.15. The highest BCUT2D eigenvalue weighted by molar-refractivity contribution is 6.83. The van der Waals surface area contributed by atoms with Gasteiger partial charge in [0.1, 0.15) is 13.8 Å². The van der Waals surface area contributed by atoms with Gasteiger partial charge in [-0.05, 0) is 44.5 Å². The van der Waals surface area contributed by atoms with Crippen molar-refractivity contribution < 1.29 is 23.8 Å². The lowest BCUT2D eigenvalue weighted by molar-refractivity contribution is -0.172. The molecule has 0 spiro atoms. The van der Waals surface area contributed by atoms with Crippen molar-refractivity contribution in [1.82, 2.24) is 0 Å². The van der Waals surface area contributed by atoms with E-state index in [1.54, 1.807) is 51.4 Å². The van der Waals surface area contributed by atoms with Crippen molar-refractivity contribution >= 4 is 31.9 Å². The van der Waals surface area contributed by atoms with Crippen LogP contribution in [0.3, 0.4) is 0 Å². The normalized spacial score (nSPS) is 11.5. The summed E-state index contributed by atoms with van der Waals surface area (Å²) in [5.41, 5.74) is 2.50. The second kappa shape index (κ2) is 12.2. The quantitative estimate of drug-likeness (QED) is 0.178. The van der Waals surface area contributed by atoms with Gasteiger partial charge in [0.15, 0.2) is 5.41 Å². The number of esters is 2. The van der Waals surface area contributed by atoms with Gasteiger partial charge in [-0.3, -0.25) is 14.6 Å². The number of hydrogen-bond donors (Lipinski definition) is 0. The minimum Gasteiger partial charge on any atom is -0.497 e. The Labute approximate surface area is 181 Å². The number of carbonyl (C=O) groups is 2. The van der Waals surface area contributed by atoms with Crippen LogP contribution in [0.2, 0.25) is 19.6 Å². The van der Waals surface area contributed by atoms with Crippen molar-refractivity contribution in [2.45, 2.75) is 52.8 Å². The molecular formula is C23H33NO5Si. The molecule has 1 rings (SSSR count). The summed E-state index contributed by atoms with van der Waals surface area (Å²) < 4.78 is 15.6. The molecule has 0 fully saturated rings. The maximum absolute atomic E-state index is 12.9. The number of hydrogen-bond acceptors (Lipinski definition) is 6. The number of methoxy groups -OCH3 is 1. The molecule has 1 aromatic rings. The molecule has 0 bridgehead atoms. The number of nitrogens with zero attached hydrogens (tertiary/aromatic N) is 1. The molecule has 6 nitrogen and oxygen atoms in total. The highest BCUT2D eigenvalue weighted by atomic mass is 28.3. The summed E-state index contributed by atoms with van der Waals surface area (Å²) in [5, 5.41) is 0. The predicted molar refractivity (Wildman–Crippen MR) is 122 cm³/mol. The Morgan fingerprint density at radius 2 is 1.63 bits per heavy atom. The van der Waals surface area contributed by atoms with Crippen LogP contribution in [0, 0.1) is 16.9 Å². The van der Waals surface area contributed by atoms with Crippen molar-refractivity contribution in [1.29, 1.82) is 0 Å². The van der Waals surface area contributed by atoms with Gasteiger partial charge in [0, 0.05) is 19.1 Å². The van der Waals surface area contributed by atoms with E-state index < -0.39 is 25.4 Å². The van der Waals surface area contributed by atoms with Gasteiger partial charge in [-0.25, -0.2) is 0 Å². The Morgan fingerprint density at radius 3 is 2.10 bits per heavy atom. The molecule has 0 amide bonds. The highest BCUT2D eigenvalue weighted by Gasteiger charge is 2.47. The zero-order chi connectivity index (χ0) is 22.6. The Morgan fingerprint density at radius 1 is 1.07 bits per heavy atom. The first-order valence-corrected chi connectivity index (χ1v) is 13.7. The van der Waals surface area contributed by atoms with E-state index in [-0.39, 0.29) is 26.1 Å². The summed E-state index contributed by atoms with van der Waals surface area (Å²) in [6, 6.07) is 7.18. The van der Waals surface area contributed by atoms with Gasteiger partial charge in [-0.1, -0.05) is 19.6 Å². The molecule has 0 heterocycles. The summed E-state index contributed by atoms with van der Waals surface area (Å²) in [7, 11) is 0.0479. The fraction of sp³-hybridized carbons (Fsp3) is 0.522. The van der Waals surface area contributed by atoms with Crippen molar-refractivity contribution in [3.63, 3.8) is 0 Å². The van der Waals surface area contributed by atoms with Crippen molar-refractivity contribution in [3.05, 3.63) is 24.3 Å². The number of carbonyl (C=O) groups excluding carboxylic acids is 2. The van der Waals surface area contributed by atoms with Crippen LogP contribution in [0.5, 0.6) is 5.75 Å². The number of aliphatic imine (C=N–C) groups is 1. The van der Waals surface area contributed by atoms with E-state index in [0.717, 1.165) is 5.75 Å². The minimum absolute atomic E-state index is 0.0747. The molecule has 0 saturated heterocycles. The zero-order valence-corrected chi connectivity index (χ0v) is 19.9. The van der Waals surface area contributed by atoms with Crippen LogP contribution in [0.15, 0.2) is 29.3 Å². The smallest absolute Gasteiger partial charge is 0.323 e. The molecule has 1 aromatic carbocycles. The van der Waals surface area contributed by atoms with E-state index in [4.69, 9.17) is 14.2 Å². The fourth-order valence-electron chi connectivity index (χ4n) is 2.67. The third kappa shape index (κ3) is 8.03. The summed E-state index contributed by atoms with van der Waals surface area (Å²) >= 11 is 0. The SMILES string of the molecule is CCOC(=O)C(CC=Nc1ccc(OC)cc1)(CCC#C[Si](C)(C)C)C(=O)OCC. The van der Waals surface area contributed by atoms with Gasteiger partial charge in [0.2, 0.25) is 0 Å². The Bertz CT molecular complexity index is 767. The Hall–Kier alpha value is -2.59. The van der Waals surface area contributed by atoms with Crippen LogP contribution in [0.25, 0.3) is 0 Å². The molecule has 0 aliphatic rings. The first-order valence-electron chi connectivity index (χ1n) is 10.2. The monoisotopic (exact) mass is 431 g/mol. The number of ether oxygens (including phenoxy) is 3. The molecule has 0 atom stereocenters. The highest BCUT2D eigenvalue weighted by Crippen LogP contribution is 2.32. The van der Waals surface area contributed by atoms with Gasteiger partial charge in [-0.15, -0.1) is 11.5 Å². The van der Waals surface area contributed by atoms with Gasteiger partial charge < -0.3 is 14.2 Å². The van der Waals surface area contributed by atoms with Crippen LogP contribution in [-0.4, -0.2) is 46.6 Å². The molecule has 164 valence electrons. The lowest BCUT2D eigenvalue weighted by Crippen LogP contribution is -2.42. The van der Waals surface area contributed by atoms with Crippen molar-refractivity contribution in [2.75, 3.05) is 20.3 Å². The van der Waals surface area contributed by atoms with Crippen LogP contribution < -0.4 is 4.74 Å². The van der Waals surface area contributed by atoms with E-state index in [2.05, 4.69) is 36.1 Å². The summed E-state index contributed by atoms with van der Waals surface area (Å²) in [6.45, 7) is 10.2. The summed E-state index contributed by atoms with van der Waals surface area (Å²) in [5.74, 6) is 2.66. The molecule has 0 radical (unpaired) electrons. The molecule has 30 heavy (non-hydrogen) atoms. The van der Waals surface area contributed by atoms with Crippen LogP contribution >= 0.6 is 0 Å². The van der Waals surface area contributed by atoms with E-state index in [9.17, 15) is 9.59 Å². The van der Waals surface area contributed by atoms with Gasteiger partial charge in [-0.2, -0.15) is 0 Å². The molecule has 0 aliphatic heterocycles. The molecule has 0 aliphatic carbocycles. The molecule has 0 aromatic heterocycles. The van der Waals surface area contributed by atoms with E-state index in [0.29, 0.717) is 12.1 Å². The minimum atomic E-state index is -1.55. The van der Waals surface area contributed by atoms with E-state index in [1.165, 1.54) is 0 Å². The summed E-state index contributed by atoms with van der Waals surface area (Å²) in [4.78, 5) is 30.1. The summed E-state index contributed by atoms with van der Waals surface area (Å²) in [6.07, 6.45) is 2.27. The Balaban J connectivity index is 3.15. The zero-order valence-electron chi connectivity index (χ0n) is 18.9. The first kappa shape index (κ1) is 25.4. The van der Waals surface area contributed by atoms with Gasteiger partial charge >= 0.3 is 11.9 Å². The Kier molecular flexibility index (Phi) is 10.3. The second-order valence-electron chi connectivity index (χ2n) is 7.79. The van der Waals surface area contributed by atoms with Crippen LogP contribution in [-0.2, 0) is 19.1 Å². The van der Waals surface area contributed by atoms with Crippen molar-refractivity contribution in [2.24, 2.45) is 10.4 Å². The maximum Gasteiger partial charge on any atom is 0.323 e. The molecule has 7 heteroatoms. The standard InChI is InChI=1S/C23H33NO5Si/c1-7-28-21(25)23(22(26)29-8-2,15-9-10-18-30(4,5)6)16-17-24-19-11-13-20(27-3)14-12-19/h11-14,17H,7-9,15-16H2,1-6H3.